The van der Waals surface area contributed by atoms with Crippen molar-refractivity contribution in [3.63, 3.8) is 0 Å². The average molecular weight is 275 g/mol. The summed E-state index contributed by atoms with van der Waals surface area (Å²) in [5.41, 5.74) is 0. The number of thiol groups is 1. The summed E-state index contributed by atoms with van der Waals surface area (Å²) in [6.45, 7) is 0.101. The van der Waals surface area contributed by atoms with E-state index in [1.807, 2.05) is 18.2 Å². The monoisotopic (exact) mass is 274 g/mol. The van der Waals surface area contributed by atoms with Gasteiger partial charge in [-0.3, -0.25) is 0 Å². The summed E-state index contributed by atoms with van der Waals surface area (Å²) in [7, 11) is 0. The first-order valence-electron chi connectivity index (χ1n) is 3.73. The Bertz CT molecular complexity index is 450. The number of hydrogen-bond acceptors (Lipinski definition) is 3. The first kappa shape index (κ1) is 9.52. The zero-order valence-electron chi connectivity index (χ0n) is 6.62. The first-order chi connectivity index (χ1) is 6.22. The summed E-state index contributed by atoms with van der Waals surface area (Å²) in [5, 5.41) is 10.1. The average Bonchev–Trinajstić information content (AvgIpc) is 2.55. The second-order valence-corrected chi connectivity index (χ2v) is 5.15. The molecule has 0 aliphatic heterocycles. The van der Waals surface area contributed by atoms with Crippen molar-refractivity contribution in [1.29, 1.82) is 0 Å². The molecule has 0 fully saturated rings. The molecule has 0 saturated carbocycles. The van der Waals surface area contributed by atoms with Crippen LogP contribution >= 0.6 is 39.9 Å². The lowest BCUT2D eigenvalue weighted by Crippen LogP contribution is -1.72. The molecule has 0 aliphatic rings. The van der Waals surface area contributed by atoms with Gasteiger partial charge in [0.2, 0.25) is 0 Å². The summed E-state index contributed by atoms with van der Waals surface area (Å²) in [5.74, 6) is 0. The second-order valence-electron chi connectivity index (χ2n) is 2.68. The molecule has 1 N–H and O–H groups in total. The van der Waals surface area contributed by atoms with Gasteiger partial charge in [-0.05, 0) is 34.1 Å². The number of aliphatic hydroxyl groups excluding tert-OH is 1. The number of benzene rings is 1. The van der Waals surface area contributed by atoms with Crippen LogP contribution < -0.4 is 0 Å². The lowest BCUT2D eigenvalue weighted by molar-refractivity contribution is 0.285. The molecule has 0 atom stereocenters. The highest BCUT2D eigenvalue weighted by Crippen LogP contribution is 2.34. The van der Waals surface area contributed by atoms with Crippen molar-refractivity contribution in [2.45, 2.75) is 11.5 Å². The molecule has 0 unspecified atom stereocenters. The molecule has 13 heavy (non-hydrogen) atoms. The fourth-order valence-corrected chi connectivity index (χ4v) is 2.81. The molecule has 1 aromatic heterocycles. The molecular formula is C9H7BrOS2. The molecule has 1 aromatic carbocycles. The molecule has 2 aromatic rings. The number of rotatable bonds is 1. The van der Waals surface area contributed by atoms with E-state index in [9.17, 15) is 0 Å². The maximum Gasteiger partial charge on any atom is 0.0774 e. The molecule has 0 aliphatic carbocycles. The highest BCUT2D eigenvalue weighted by molar-refractivity contribution is 9.10. The van der Waals surface area contributed by atoms with Gasteiger partial charge in [-0.1, -0.05) is 0 Å². The topological polar surface area (TPSA) is 20.2 Å². The standard InChI is InChI=1S/C9H7BrOS2/c10-7-1-2-8-6(9(7)12)3-5(4-11)13-8/h1-3,11-12H,4H2. The van der Waals surface area contributed by atoms with Gasteiger partial charge in [0.1, 0.15) is 0 Å². The van der Waals surface area contributed by atoms with Crippen LogP contribution in [0.15, 0.2) is 27.6 Å². The van der Waals surface area contributed by atoms with E-state index in [0.29, 0.717) is 0 Å². The fourth-order valence-electron chi connectivity index (χ4n) is 1.20. The summed E-state index contributed by atoms with van der Waals surface area (Å²) in [6, 6.07) is 5.98. The molecule has 4 heteroatoms. The van der Waals surface area contributed by atoms with Gasteiger partial charge >= 0.3 is 0 Å². The lowest BCUT2D eigenvalue weighted by Gasteiger charge is -1.96. The zero-order chi connectivity index (χ0) is 9.42. The zero-order valence-corrected chi connectivity index (χ0v) is 9.92. The van der Waals surface area contributed by atoms with Gasteiger partial charge in [-0.2, -0.15) is 0 Å². The van der Waals surface area contributed by atoms with Crippen molar-refractivity contribution in [2.24, 2.45) is 0 Å². The fraction of sp³-hybridized carbons (Fsp3) is 0.111. The van der Waals surface area contributed by atoms with Gasteiger partial charge in [0.05, 0.1) is 6.61 Å². The Balaban J connectivity index is 2.76. The Kier molecular flexibility index (Phi) is 2.65. The van der Waals surface area contributed by atoms with Crippen LogP contribution in [0.4, 0.5) is 0 Å². The Labute approximate surface area is 93.9 Å². The van der Waals surface area contributed by atoms with E-state index in [4.69, 9.17) is 5.11 Å². The molecule has 0 spiro atoms. The minimum absolute atomic E-state index is 0.101. The maximum absolute atomic E-state index is 8.97. The quantitative estimate of drug-likeness (QED) is 0.764. The van der Waals surface area contributed by atoms with Gasteiger partial charge in [0, 0.05) is 24.3 Å². The third kappa shape index (κ3) is 1.64. The number of hydrogen-bond donors (Lipinski definition) is 2. The van der Waals surface area contributed by atoms with Gasteiger partial charge in [-0.25, -0.2) is 0 Å². The Morgan fingerprint density at radius 1 is 1.46 bits per heavy atom. The number of aliphatic hydroxyl groups is 1. The van der Waals surface area contributed by atoms with Crippen LogP contribution in [0, 0.1) is 0 Å². The van der Waals surface area contributed by atoms with Crippen molar-refractivity contribution < 1.29 is 5.11 Å². The predicted molar refractivity (Wildman–Crippen MR) is 62.7 cm³/mol. The van der Waals surface area contributed by atoms with E-state index in [-0.39, 0.29) is 6.61 Å². The van der Waals surface area contributed by atoms with Crippen LogP contribution in [-0.4, -0.2) is 5.11 Å². The molecule has 0 amide bonds. The number of fused-ring (bicyclic) bond motifs is 1. The molecule has 0 bridgehead atoms. The van der Waals surface area contributed by atoms with Crippen LogP contribution in [0.2, 0.25) is 0 Å². The summed E-state index contributed by atoms with van der Waals surface area (Å²) < 4.78 is 2.16. The molecule has 68 valence electrons. The maximum atomic E-state index is 8.97. The van der Waals surface area contributed by atoms with E-state index in [0.717, 1.165) is 24.3 Å². The van der Waals surface area contributed by atoms with Crippen molar-refractivity contribution in [1.82, 2.24) is 0 Å². The largest absolute Gasteiger partial charge is 0.391 e. The highest BCUT2D eigenvalue weighted by atomic mass is 79.9. The predicted octanol–water partition coefficient (Wildman–Crippen LogP) is 3.44. The molecule has 1 nitrogen and oxygen atoms in total. The minimum Gasteiger partial charge on any atom is -0.391 e. The number of halogens is 1. The van der Waals surface area contributed by atoms with E-state index in [1.54, 1.807) is 11.3 Å². The van der Waals surface area contributed by atoms with Crippen LogP contribution in [-0.2, 0) is 6.61 Å². The van der Waals surface area contributed by atoms with Crippen molar-refractivity contribution in [2.75, 3.05) is 0 Å². The Morgan fingerprint density at radius 2 is 2.23 bits per heavy atom. The van der Waals surface area contributed by atoms with E-state index >= 15 is 0 Å². The van der Waals surface area contributed by atoms with Gasteiger partial charge in [0.15, 0.2) is 0 Å². The van der Waals surface area contributed by atoms with Crippen LogP contribution in [0.25, 0.3) is 10.1 Å². The van der Waals surface area contributed by atoms with Gasteiger partial charge in [-0.15, -0.1) is 24.0 Å². The van der Waals surface area contributed by atoms with Crippen LogP contribution in [0.3, 0.4) is 0 Å². The molecule has 2 rings (SSSR count). The summed E-state index contributed by atoms with van der Waals surface area (Å²) in [4.78, 5) is 1.91. The molecular weight excluding hydrogens is 268 g/mol. The van der Waals surface area contributed by atoms with E-state index in [2.05, 4.69) is 28.6 Å². The summed E-state index contributed by atoms with van der Waals surface area (Å²) in [6.07, 6.45) is 0. The number of thiophene rings is 1. The smallest absolute Gasteiger partial charge is 0.0774 e. The third-order valence-electron chi connectivity index (χ3n) is 1.83. The van der Waals surface area contributed by atoms with Gasteiger partial charge < -0.3 is 5.11 Å². The highest BCUT2D eigenvalue weighted by Gasteiger charge is 2.05. The van der Waals surface area contributed by atoms with E-state index < -0.39 is 0 Å². The summed E-state index contributed by atoms with van der Waals surface area (Å²) >= 11 is 9.41. The second kappa shape index (κ2) is 3.61. The first-order valence-corrected chi connectivity index (χ1v) is 5.79. The van der Waals surface area contributed by atoms with Crippen LogP contribution in [0.1, 0.15) is 4.88 Å². The third-order valence-corrected chi connectivity index (χ3v) is 4.36. The van der Waals surface area contributed by atoms with Crippen LogP contribution in [0.5, 0.6) is 0 Å². The van der Waals surface area contributed by atoms with Crippen molar-refractivity contribution in [3.8, 4) is 0 Å². The molecule has 0 radical (unpaired) electrons. The lowest BCUT2D eigenvalue weighted by atomic mass is 10.2. The Hall–Kier alpha value is -0.0300. The van der Waals surface area contributed by atoms with Gasteiger partial charge in [0.25, 0.3) is 0 Å². The minimum atomic E-state index is 0.101. The Morgan fingerprint density at radius 3 is 2.92 bits per heavy atom. The molecule has 1 heterocycles. The van der Waals surface area contributed by atoms with E-state index in [1.165, 1.54) is 0 Å². The molecule has 0 saturated heterocycles. The van der Waals surface area contributed by atoms with Crippen molar-refractivity contribution in [3.05, 3.63) is 27.5 Å². The van der Waals surface area contributed by atoms with Crippen molar-refractivity contribution >= 4 is 50.0 Å². The normalized spacial score (nSPS) is 11.0. The SMILES string of the molecule is OCc1cc2c(S)c(Br)ccc2s1.